The predicted molar refractivity (Wildman–Crippen MR) is 125 cm³/mol. The van der Waals surface area contributed by atoms with Gasteiger partial charge in [0.2, 0.25) is 10.6 Å². The van der Waals surface area contributed by atoms with Gasteiger partial charge >= 0.3 is 5.97 Å². The molecule has 0 bridgehead atoms. The molecule has 5 rings (SSSR count). The third kappa shape index (κ3) is 4.36. The molecule has 0 aliphatic carbocycles. The molecule has 0 atom stereocenters. The SMILES string of the molecule is O=C(O)c1cn(-c2nc(-c3cccnc3)ns2)c2nc(N3CC(OCCCO)C3)c(F)cc2c1=O. The van der Waals surface area contributed by atoms with Gasteiger partial charge in [0.25, 0.3) is 0 Å². The second-order valence-electron chi connectivity index (χ2n) is 7.83. The Kier molecular flexibility index (Phi) is 6.19. The minimum atomic E-state index is -1.45. The largest absolute Gasteiger partial charge is 0.477 e. The van der Waals surface area contributed by atoms with E-state index in [4.69, 9.17) is 9.84 Å². The number of ether oxygens (including phenoxy) is 1. The lowest BCUT2D eigenvalue weighted by atomic mass is 10.1. The molecule has 4 aromatic rings. The Hall–Kier alpha value is -3.81. The Labute approximate surface area is 201 Å². The molecule has 4 aromatic heterocycles. The van der Waals surface area contributed by atoms with Gasteiger partial charge in [0.15, 0.2) is 23.1 Å². The molecule has 1 aliphatic rings. The summed E-state index contributed by atoms with van der Waals surface area (Å²) in [6, 6.07) is 4.52. The van der Waals surface area contributed by atoms with Gasteiger partial charge in [-0.25, -0.2) is 14.2 Å². The fourth-order valence-corrected chi connectivity index (χ4v) is 4.36. The van der Waals surface area contributed by atoms with Crippen LogP contribution in [0.1, 0.15) is 16.8 Å². The number of rotatable bonds is 8. The predicted octanol–water partition coefficient (Wildman–Crippen LogP) is 1.72. The monoisotopic (exact) mass is 498 g/mol. The summed E-state index contributed by atoms with van der Waals surface area (Å²) >= 11 is 0.980. The first kappa shape index (κ1) is 23.0. The number of aromatic nitrogens is 5. The van der Waals surface area contributed by atoms with Crippen LogP contribution >= 0.6 is 11.5 Å². The maximum atomic E-state index is 15.0. The van der Waals surface area contributed by atoms with Gasteiger partial charge in [-0.05, 0) is 24.6 Å². The molecule has 13 heteroatoms. The van der Waals surface area contributed by atoms with Crippen LogP contribution in [0.2, 0.25) is 0 Å². The highest BCUT2D eigenvalue weighted by Crippen LogP contribution is 2.28. The van der Waals surface area contributed by atoms with Crippen molar-refractivity contribution >= 4 is 34.4 Å². The second-order valence-corrected chi connectivity index (χ2v) is 8.56. The first-order valence-corrected chi connectivity index (χ1v) is 11.4. The summed E-state index contributed by atoms with van der Waals surface area (Å²) in [4.78, 5) is 39.1. The quantitative estimate of drug-likeness (QED) is 0.345. The van der Waals surface area contributed by atoms with E-state index in [0.29, 0.717) is 37.5 Å². The van der Waals surface area contributed by atoms with E-state index < -0.39 is 22.8 Å². The number of carboxylic acid groups (broad SMARTS) is 1. The molecule has 180 valence electrons. The van der Waals surface area contributed by atoms with Gasteiger partial charge in [0.05, 0.1) is 11.5 Å². The summed E-state index contributed by atoms with van der Waals surface area (Å²) < 4.78 is 26.2. The summed E-state index contributed by atoms with van der Waals surface area (Å²) in [6.07, 6.45) is 4.72. The second kappa shape index (κ2) is 9.44. The lowest BCUT2D eigenvalue weighted by Gasteiger charge is -2.39. The zero-order chi connectivity index (χ0) is 24.5. The molecular formula is C22H19FN6O5S. The zero-order valence-corrected chi connectivity index (χ0v) is 19.0. The molecule has 0 amide bonds. The number of fused-ring (bicyclic) bond motifs is 1. The first-order valence-electron chi connectivity index (χ1n) is 10.7. The summed E-state index contributed by atoms with van der Waals surface area (Å²) in [6.45, 7) is 1.21. The number of pyridine rings is 3. The van der Waals surface area contributed by atoms with Crippen molar-refractivity contribution in [1.82, 2.24) is 23.9 Å². The summed E-state index contributed by atoms with van der Waals surface area (Å²) in [5.41, 5.74) is -0.653. The van der Waals surface area contributed by atoms with Crippen LogP contribution in [0.15, 0.2) is 41.6 Å². The van der Waals surface area contributed by atoms with Crippen molar-refractivity contribution in [1.29, 1.82) is 0 Å². The fourth-order valence-electron chi connectivity index (χ4n) is 3.69. The summed E-state index contributed by atoms with van der Waals surface area (Å²) in [5.74, 6) is -1.80. The van der Waals surface area contributed by atoms with Gasteiger partial charge in [-0.2, -0.15) is 9.36 Å². The molecule has 1 aliphatic heterocycles. The molecule has 0 unspecified atom stereocenters. The van der Waals surface area contributed by atoms with E-state index >= 15 is 0 Å². The standard InChI is InChI=1S/C22H19FN6O5S/c23-16-7-14-17(31)15(21(32)33)11-29(22-25-18(27-35-22)12-3-1-4-24-8-12)19(14)26-20(16)28-9-13(10-28)34-6-2-5-30/h1,3-4,7-8,11,13,30H,2,5-6,9-10H2,(H,32,33). The van der Waals surface area contributed by atoms with E-state index in [9.17, 15) is 19.1 Å². The molecule has 35 heavy (non-hydrogen) atoms. The molecule has 1 saturated heterocycles. The third-order valence-electron chi connectivity index (χ3n) is 5.49. The first-order chi connectivity index (χ1) is 17.0. The number of hydrogen-bond donors (Lipinski definition) is 2. The highest BCUT2D eigenvalue weighted by atomic mass is 32.1. The van der Waals surface area contributed by atoms with Crippen LogP contribution in [-0.2, 0) is 4.74 Å². The van der Waals surface area contributed by atoms with Crippen LogP contribution in [-0.4, -0.2) is 72.5 Å². The number of aromatic carboxylic acids is 1. The Morgan fingerprint density at radius 3 is 2.86 bits per heavy atom. The fraction of sp³-hybridized carbons (Fsp3) is 0.273. The van der Waals surface area contributed by atoms with E-state index in [1.54, 1.807) is 29.4 Å². The van der Waals surface area contributed by atoms with E-state index in [1.165, 1.54) is 4.57 Å². The van der Waals surface area contributed by atoms with Crippen molar-refractivity contribution in [2.75, 3.05) is 31.2 Å². The molecule has 0 radical (unpaired) electrons. The van der Waals surface area contributed by atoms with Crippen LogP contribution in [0.25, 0.3) is 27.6 Å². The molecule has 0 spiro atoms. The van der Waals surface area contributed by atoms with Crippen molar-refractivity contribution < 1.29 is 24.1 Å². The number of aliphatic hydroxyl groups is 1. The molecule has 0 saturated carbocycles. The minimum absolute atomic E-state index is 0.0210. The van der Waals surface area contributed by atoms with Crippen LogP contribution < -0.4 is 10.3 Å². The van der Waals surface area contributed by atoms with E-state index in [0.717, 1.165) is 23.8 Å². The lowest BCUT2D eigenvalue weighted by Crippen LogP contribution is -2.53. The van der Waals surface area contributed by atoms with E-state index in [-0.39, 0.29) is 34.7 Å². The average molecular weight is 498 g/mol. The van der Waals surface area contributed by atoms with Gasteiger partial charge in [-0.3, -0.25) is 14.3 Å². The van der Waals surface area contributed by atoms with Gasteiger partial charge < -0.3 is 19.8 Å². The van der Waals surface area contributed by atoms with E-state index in [2.05, 4.69) is 19.3 Å². The Bertz CT molecular complexity index is 1450. The lowest BCUT2D eigenvalue weighted by molar-refractivity contribution is 0.0262. The van der Waals surface area contributed by atoms with Crippen molar-refractivity contribution in [3.05, 3.63) is 58.4 Å². The average Bonchev–Trinajstić information content (AvgIpc) is 3.32. The van der Waals surface area contributed by atoms with Crippen molar-refractivity contribution in [3.8, 4) is 16.5 Å². The van der Waals surface area contributed by atoms with E-state index in [1.807, 2.05) is 0 Å². The number of carboxylic acids is 1. The highest BCUT2D eigenvalue weighted by molar-refractivity contribution is 7.08. The number of nitrogens with zero attached hydrogens (tertiary/aromatic N) is 6. The van der Waals surface area contributed by atoms with Gasteiger partial charge in [0.1, 0.15) is 5.56 Å². The number of halogens is 1. The molecule has 1 fully saturated rings. The highest BCUT2D eigenvalue weighted by Gasteiger charge is 2.31. The van der Waals surface area contributed by atoms with Crippen LogP contribution in [0.3, 0.4) is 0 Å². The third-order valence-corrected chi connectivity index (χ3v) is 6.20. The normalized spacial score (nSPS) is 13.8. The summed E-state index contributed by atoms with van der Waals surface area (Å²) in [5, 5.41) is 18.5. The zero-order valence-electron chi connectivity index (χ0n) is 18.2. The number of carbonyl (C=O) groups is 1. The van der Waals surface area contributed by atoms with Gasteiger partial charge in [0, 0.05) is 62.0 Å². The Balaban J connectivity index is 1.57. The summed E-state index contributed by atoms with van der Waals surface area (Å²) in [7, 11) is 0. The van der Waals surface area contributed by atoms with Crippen molar-refractivity contribution in [2.24, 2.45) is 0 Å². The Morgan fingerprint density at radius 2 is 2.14 bits per heavy atom. The molecular weight excluding hydrogens is 479 g/mol. The van der Waals surface area contributed by atoms with Crippen molar-refractivity contribution in [2.45, 2.75) is 12.5 Å². The molecule has 11 nitrogen and oxygen atoms in total. The molecule has 2 N–H and O–H groups in total. The maximum absolute atomic E-state index is 15.0. The Morgan fingerprint density at radius 1 is 1.31 bits per heavy atom. The number of aliphatic hydroxyl groups excluding tert-OH is 1. The molecule has 0 aromatic carbocycles. The topological polar surface area (TPSA) is 144 Å². The number of hydrogen-bond acceptors (Lipinski definition) is 10. The van der Waals surface area contributed by atoms with Crippen molar-refractivity contribution in [3.63, 3.8) is 0 Å². The molecule has 5 heterocycles. The minimum Gasteiger partial charge on any atom is -0.477 e. The van der Waals surface area contributed by atoms with Gasteiger partial charge in [-0.15, -0.1) is 0 Å². The van der Waals surface area contributed by atoms with Crippen LogP contribution in [0.5, 0.6) is 0 Å². The maximum Gasteiger partial charge on any atom is 0.341 e. The van der Waals surface area contributed by atoms with Gasteiger partial charge in [-0.1, -0.05) is 0 Å². The smallest absolute Gasteiger partial charge is 0.341 e. The van der Waals surface area contributed by atoms with Crippen LogP contribution in [0, 0.1) is 5.82 Å². The number of anilines is 1. The van der Waals surface area contributed by atoms with Crippen LogP contribution in [0.4, 0.5) is 10.2 Å².